The molecule has 8 heteroatoms. The third-order valence-corrected chi connectivity index (χ3v) is 6.07. The molecule has 2 aromatic rings. The largest absolute Gasteiger partial charge is 0.465 e. The molecule has 1 aromatic heterocycles. The third-order valence-electron chi connectivity index (χ3n) is 5.07. The number of benzene rings is 1. The number of hydrogen-bond donors (Lipinski definition) is 0. The SMILES string of the molecule is CCCCC(CC)COC(=O)CCSc1cc(C(=O)OCC)nn1-c1ccc(C)cc1F. The Hall–Kier alpha value is -2.35. The van der Waals surface area contributed by atoms with Crippen molar-refractivity contribution in [1.29, 1.82) is 0 Å². The molecule has 0 fully saturated rings. The monoisotopic (exact) mass is 464 g/mol. The summed E-state index contributed by atoms with van der Waals surface area (Å²) in [5, 5.41) is 4.81. The molecule has 0 radical (unpaired) electrons. The van der Waals surface area contributed by atoms with Gasteiger partial charge in [-0.2, -0.15) is 5.10 Å². The van der Waals surface area contributed by atoms with E-state index in [9.17, 15) is 14.0 Å². The lowest BCUT2D eigenvalue weighted by molar-refractivity contribution is -0.144. The van der Waals surface area contributed by atoms with Gasteiger partial charge >= 0.3 is 11.9 Å². The van der Waals surface area contributed by atoms with Crippen LogP contribution in [-0.4, -0.2) is 40.7 Å². The highest BCUT2D eigenvalue weighted by Crippen LogP contribution is 2.26. The zero-order valence-corrected chi connectivity index (χ0v) is 20.2. The van der Waals surface area contributed by atoms with E-state index < -0.39 is 11.8 Å². The highest BCUT2D eigenvalue weighted by atomic mass is 32.2. The average Bonchev–Trinajstić information content (AvgIpc) is 3.18. The first-order chi connectivity index (χ1) is 15.4. The van der Waals surface area contributed by atoms with E-state index in [0.29, 0.717) is 23.3 Å². The Morgan fingerprint density at radius 2 is 1.97 bits per heavy atom. The van der Waals surface area contributed by atoms with E-state index in [1.165, 1.54) is 22.5 Å². The molecule has 0 bridgehead atoms. The number of rotatable bonds is 13. The zero-order valence-electron chi connectivity index (χ0n) is 19.4. The van der Waals surface area contributed by atoms with Gasteiger partial charge in [-0.3, -0.25) is 4.79 Å². The molecule has 0 saturated carbocycles. The van der Waals surface area contributed by atoms with Crippen LogP contribution in [0.3, 0.4) is 0 Å². The van der Waals surface area contributed by atoms with Crippen LogP contribution in [-0.2, 0) is 14.3 Å². The fourth-order valence-corrected chi connectivity index (χ4v) is 4.08. The maximum atomic E-state index is 14.6. The van der Waals surface area contributed by atoms with Crippen molar-refractivity contribution in [2.24, 2.45) is 5.92 Å². The second-order valence-electron chi connectivity index (χ2n) is 7.65. The summed E-state index contributed by atoms with van der Waals surface area (Å²) in [6.07, 6.45) is 4.52. The molecule has 0 amide bonds. The van der Waals surface area contributed by atoms with E-state index in [1.54, 1.807) is 32.0 Å². The van der Waals surface area contributed by atoms with E-state index in [2.05, 4.69) is 18.9 Å². The smallest absolute Gasteiger partial charge is 0.358 e. The number of esters is 2. The second-order valence-corrected chi connectivity index (χ2v) is 8.77. The topological polar surface area (TPSA) is 70.4 Å². The van der Waals surface area contributed by atoms with Gasteiger partial charge in [-0.05, 0) is 43.9 Å². The molecule has 2 rings (SSSR count). The maximum absolute atomic E-state index is 14.6. The van der Waals surface area contributed by atoms with Crippen LogP contribution in [0.5, 0.6) is 0 Å². The standard InChI is InChI=1S/C24H33FN2O4S/c1-5-8-9-18(6-2)16-31-23(28)12-13-32-22-15-20(24(29)30-7-3)26-27(22)21-11-10-17(4)14-19(21)25/h10-11,14-15,18H,5-9,12-13,16H2,1-4H3. The van der Waals surface area contributed by atoms with Gasteiger partial charge in [-0.15, -0.1) is 11.8 Å². The van der Waals surface area contributed by atoms with E-state index >= 15 is 0 Å². The summed E-state index contributed by atoms with van der Waals surface area (Å²) in [7, 11) is 0. The molecule has 1 aromatic carbocycles. The van der Waals surface area contributed by atoms with Crippen molar-refractivity contribution in [2.75, 3.05) is 19.0 Å². The lowest BCUT2D eigenvalue weighted by Crippen LogP contribution is -2.14. The summed E-state index contributed by atoms with van der Waals surface area (Å²) in [5.74, 6) is -0.457. The zero-order chi connectivity index (χ0) is 23.5. The first kappa shape index (κ1) is 25.9. The Balaban J connectivity index is 2.05. The van der Waals surface area contributed by atoms with E-state index in [-0.39, 0.29) is 30.4 Å². The molecule has 1 heterocycles. The summed E-state index contributed by atoms with van der Waals surface area (Å²) >= 11 is 1.32. The van der Waals surface area contributed by atoms with Crippen LogP contribution < -0.4 is 0 Å². The van der Waals surface area contributed by atoms with Gasteiger partial charge in [-0.1, -0.05) is 39.2 Å². The van der Waals surface area contributed by atoms with Gasteiger partial charge < -0.3 is 9.47 Å². The number of aryl methyl sites for hydroxylation is 1. The Bertz CT molecular complexity index is 900. The molecular formula is C24H33FN2O4S. The number of thioether (sulfide) groups is 1. The Morgan fingerprint density at radius 3 is 2.62 bits per heavy atom. The molecule has 0 saturated heterocycles. The van der Waals surface area contributed by atoms with Gasteiger partial charge in [0.2, 0.25) is 0 Å². The summed E-state index contributed by atoms with van der Waals surface area (Å²) in [6.45, 7) is 8.43. The molecule has 32 heavy (non-hydrogen) atoms. The van der Waals surface area contributed by atoms with Crippen molar-refractivity contribution >= 4 is 23.7 Å². The van der Waals surface area contributed by atoms with Crippen molar-refractivity contribution in [3.8, 4) is 5.69 Å². The summed E-state index contributed by atoms with van der Waals surface area (Å²) < 4.78 is 26.4. The first-order valence-electron chi connectivity index (χ1n) is 11.2. The average molecular weight is 465 g/mol. The minimum absolute atomic E-state index is 0.0959. The molecule has 0 spiro atoms. The van der Waals surface area contributed by atoms with Crippen LogP contribution in [0.4, 0.5) is 4.39 Å². The highest BCUT2D eigenvalue weighted by molar-refractivity contribution is 7.99. The van der Waals surface area contributed by atoms with Gasteiger partial charge in [0.05, 0.1) is 19.6 Å². The molecular weight excluding hydrogens is 431 g/mol. The van der Waals surface area contributed by atoms with E-state index in [4.69, 9.17) is 9.47 Å². The number of hydrogen-bond acceptors (Lipinski definition) is 6. The van der Waals surface area contributed by atoms with Crippen LogP contribution in [0.25, 0.3) is 5.69 Å². The third kappa shape index (κ3) is 7.65. The Kier molecular flexibility index (Phi) is 10.7. The van der Waals surface area contributed by atoms with Crippen molar-refractivity contribution in [3.05, 3.63) is 41.3 Å². The normalized spacial score (nSPS) is 11.9. The van der Waals surface area contributed by atoms with Gasteiger partial charge in [0.1, 0.15) is 16.5 Å². The molecule has 0 N–H and O–H groups in total. The highest BCUT2D eigenvalue weighted by Gasteiger charge is 2.19. The predicted octanol–water partition coefficient (Wildman–Crippen LogP) is 5.74. The lowest BCUT2D eigenvalue weighted by Gasteiger charge is -2.14. The number of carbonyl (C=O) groups is 2. The Labute approximate surface area is 193 Å². The van der Waals surface area contributed by atoms with Gasteiger partial charge in [0.15, 0.2) is 5.69 Å². The number of ether oxygens (including phenoxy) is 2. The Morgan fingerprint density at radius 1 is 1.19 bits per heavy atom. The fourth-order valence-electron chi connectivity index (χ4n) is 3.15. The minimum Gasteiger partial charge on any atom is -0.465 e. The van der Waals surface area contributed by atoms with Crippen molar-refractivity contribution in [1.82, 2.24) is 9.78 Å². The maximum Gasteiger partial charge on any atom is 0.358 e. The summed E-state index contributed by atoms with van der Waals surface area (Å²) in [4.78, 5) is 24.3. The van der Waals surface area contributed by atoms with Crippen LogP contribution in [0.1, 0.15) is 68.9 Å². The molecule has 1 unspecified atom stereocenters. The molecule has 6 nitrogen and oxygen atoms in total. The van der Waals surface area contributed by atoms with Crippen LogP contribution in [0, 0.1) is 18.7 Å². The van der Waals surface area contributed by atoms with Crippen LogP contribution in [0.15, 0.2) is 29.3 Å². The van der Waals surface area contributed by atoms with Gasteiger partial charge in [-0.25, -0.2) is 13.9 Å². The second kappa shape index (κ2) is 13.3. The lowest BCUT2D eigenvalue weighted by atomic mass is 10.0. The number of nitrogens with zero attached hydrogens (tertiary/aromatic N) is 2. The molecule has 0 aliphatic rings. The van der Waals surface area contributed by atoms with Crippen LogP contribution >= 0.6 is 11.8 Å². The first-order valence-corrected chi connectivity index (χ1v) is 12.2. The van der Waals surface area contributed by atoms with Crippen LogP contribution in [0.2, 0.25) is 0 Å². The van der Waals surface area contributed by atoms with Crippen molar-refractivity contribution in [3.63, 3.8) is 0 Å². The number of halogens is 1. The molecule has 1 atom stereocenters. The molecule has 0 aliphatic carbocycles. The predicted molar refractivity (Wildman–Crippen MR) is 124 cm³/mol. The fraction of sp³-hybridized carbons (Fsp3) is 0.542. The summed E-state index contributed by atoms with van der Waals surface area (Å²) in [5.41, 5.74) is 1.11. The molecule has 0 aliphatic heterocycles. The number of unbranched alkanes of at least 4 members (excludes halogenated alkanes) is 1. The van der Waals surface area contributed by atoms with Gasteiger partial charge in [0.25, 0.3) is 0 Å². The molecule has 176 valence electrons. The summed E-state index contributed by atoms with van der Waals surface area (Å²) in [6, 6.07) is 6.37. The van der Waals surface area contributed by atoms with E-state index in [1.807, 2.05) is 0 Å². The number of aromatic nitrogens is 2. The van der Waals surface area contributed by atoms with Crippen molar-refractivity contribution in [2.45, 2.75) is 64.8 Å². The van der Waals surface area contributed by atoms with E-state index in [0.717, 1.165) is 31.2 Å². The van der Waals surface area contributed by atoms with Gasteiger partial charge in [0, 0.05) is 11.8 Å². The number of carbonyl (C=O) groups excluding carboxylic acids is 2. The quantitative estimate of drug-likeness (QED) is 0.278. The minimum atomic E-state index is -0.572. The van der Waals surface area contributed by atoms with Crippen molar-refractivity contribution < 1.29 is 23.5 Å².